The summed E-state index contributed by atoms with van der Waals surface area (Å²) in [6.45, 7) is 9.37. The molecule has 2 aliphatic rings. The van der Waals surface area contributed by atoms with Gasteiger partial charge < -0.3 is 0 Å². The van der Waals surface area contributed by atoms with Crippen molar-refractivity contribution in [2.24, 2.45) is 23.2 Å². The van der Waals surface area contributed by atoms with Crippen LogP contribution in [0.4, 0.5) is 0 Å². The van der Waals surface area contributed by atoms with Gasteiger partial charge in [-0.05, 0) is 42.1 Å². The van der Waals surface area contributed by atoms with E-state index in [1.54, 1.807) is 0 Å². The third-order valence-corrected chi connectivity index (χ3v) is 4.98. The Morgan fingerprint density at radius 1 is 1.33 bits per heavy atom. The highest BCUT2D eigenvalue weighted by Crippen LogP contribution is 2.54. The van der Waals surface area contributed by atoms with Crippen molar-refractivity contribution < 1.29 is 4.79 Å². The lowest BCUT2D eigenvalue weighted by Gasteiger charge is -2.50. The first-order chi connectivity index (χ1) is 6.95. The molecule has 84 valence electrons. The fourth-order valence-electron chi connectivity index (χ4n) is 3.65. The Balaban J connectivity index is 2.42. The third kappa shape index (κ3) is 1.56. The van der Waals surface area contributed by atoms with E-state index in [0.29, 0.717) is 23.0 Å². The molecule has 0 amide bonds. The van der Waals surface area contributed by atoms with Gasteiger partial charge in [0.25, 0.3) is 0 Å². The number of carbonyl (C=O) groups is 1. The lowest BCUT2D eigenvalue weighted by Crippen LogP contribution is -2.42. The highest BCUT2D eigenvalue weighted by Gasteiger charge is 2.45. The molecule has 0 aromatic carbocycles. The van der Waals surface area contributed by atoms with E-state index in [2.05, 4.69) is 27.7 Å². The summed E-state index contributed by atoms with van der Waals surface area (Å²) < 4.78 is 0. The lowest BCUT2D eigenvalue weighted by molar-refractivity contribution is -0.116. The molecular weight excluding hydrogens is 184 g/mol. The number of fused-ring (bicyclic) bond motifs is 1. The van der Waals surface area contributed by atoms with Gasteiger partial charge in [0.1, 0.15) is 0 Å². The molecular formula is C14H22O. The van der Waals surface area contributed by atoms with Gasteiger partial charge >= 0.3 is 0 Å². The lowest BCUT2D eigenvalue weighted by atomic mass is 9.54. The fraction of sp³-hybridized carbons (Fsp3) is 0.786. The number of hydrogen-bond donors (Lipinski definition) is 0. The first-order valence-corrected chi connectivity index (χ1v) is 6.20. The van der Waals surface area contributed by atoms with Crippen molar-refractivity contribution in [3.63, 3.8) is 0 Å². The molecule has 4 atom stereocenters. The topological polar surface area (TPSA) is 17.1 Å². The van der Waals surface area contributed by atoms with Crippen LogP contribution in [-0.2, 0) is 4.79 Å². The Morgan fingerprint density at radius 2 is 2.00 bits per heavy atom. The molecule has 0 bridgehead atoms. The number of allylic oxidation sites excluding steroid dienone is 2. The van der Waals surface area contributed by atoms with Gasteiger partial charge in [-0.3, -0.25) is 4.79 Å². The first kappa shape index (κ1) is 10.9. The molecule has 2 unspecified atom stereocenters. The van der Waals surface area contributed by atoms with Gasteiger partial charge in [-0.15, -0.1) is 0 Å². The number of rotatable bonds is 0. The van der Waals surface area contributed by atoms with Crippen LogP contribution < -0.4 is 0 Å². The van der Waals surface area contributed by atoms with E-state index >= 15 is 0 Å². The van der Waals surface area contributed by atoms with Crippen LogP contribution in [0.2, 0.25) is 0 Å². The average Bonchev–Trinajstić information content (AvgIpc) is 2.18. The van der Waals surface area contributed by atoms with E-state index in [9.17, 15) is 4.79 Å². The number of carbonyl (C=O) groups excluding carboxylic acids is 1. The fourth-order valence-corrected chi connectivity index (χ4v) is 3.65. The minimum Gasteiger partial charge on any atom is -0.295 e. The van der Waals surface area contributed by atoms with E-state index < -0.39 is 0 Å². The van der Waals surface area contributed by atoms with Crippen LogP contribution >= 0.6 is 0 Å². The quantitative estimate of drug-likeness (QED) is 0.592. The summed E-state index contributed by atoms with van der Waals surface area (Å²) in [6, 6.07) is 0. The second kappa shape index (κ2) is 3.47. The van der Waals surface area contributed by atoms with E-state index in [0.717, 1.165) is 18.8 Å². The largest absolute Gasteiger partial charge is 0.295 e. The van der Waals surface area contributed by atoms with E-state index in [1.807, 2.05) is 6.08 Å². The normalized spacial score (nSPS) is 46.0. The molecule has 15 heavy (non-hydrogen) atoms. The Hall–Kier alpha value is -0.590. The minimum atomic E-state index is 0.297. The van der Waals surface area contributed by atoms with Crippen molar-refractivity contribution in [3.8, 4) is 0 Å². The second-order valence-corrected chi connectivity index (χ2v) is 5.89. The van der Waals surface area contributed by atoms with Gasteiger partial charge in [0.2, 0.25) is 0 Å². The average molecular weight is 206 g/mol. The summed E-state index contributed by atoms with van der Waals surface area (Å²) in [6.07, 6.45) is 5.02. The van der Waals surface area contributed by atoms with Gasteiger partial charge in [0, 0.05) is 6.42 Å². The molecule has 1 nitrogen and oxygen atoms in total. The standard InChI is InChI=1S/C14H22O/c1-9-7-10(2)13-8-12(15)5-6-14(13,4)11(9)3/h8-11H,5-7H2,1-4H3/t9?,10-,11?,14+/m0/s1. The summed E-state index contributed by atoms with van der Waals surface area (Å²) in [4.78, 5) is 11.5. The van der Waals surface area contributed by atoms with Crippen LogP contribution in [0.25, 0.3) is 0 Å². The SMILES string of the molecule is CC1C[C@H](C)C2=CC(=O)CC[C@]2(C)C1C. The maximum Gasteiger partial charge on any atom is 0.155 e. The first-order valence-electron chi connectivity index (χ1n) is 6.20. The molecule has 2 rings (SSSR count). The van der Waals surface area contributed by atoms with Crippen molar-refractivity contribution in [2.45, 2.75) is 47.0 Å². The Bertz CT molecular complexity index is 315. The Kier molecular flexibility index (Phi) is 2.52. The third-order valence-electron chi connectivity index (χ3n) is 4.98. The van der Waals surface area contributed by atoms with Crippen LogP contribution in [0.15, 0.2) is 11.6 Å². The Labute approximate surface area is 92.9 Å². The molecule has 2 aliphatic carbocycles. The maximum atomic E-state index is 11.5. The highest BCUT2D eigenvalue weighted by atomic mass is 16.1. The molecule has 1 heteroatoms. The van der Waals surface area contributed by atoms with Crippen molar-refractivity contribution in [2.75, 3.05) is 0 Å². The molecule has 0 aliphatic heterocycles. The van der Waals surface area contributed by atoms with E-state index in [4.69, 9.17) is 0 Å². The molecule has 0 aromatic rings. The summed E-state index contributed by atoms with van der Waals surface area (Å²) in [5.41, 5.74) is 1.73. The summed E-state index contributed by atoms with van der Waals surface area (Å²) in [5.74, 6) is 2.45. The van der Waals surface area contributed by atoms with E-state index in [1.165, 1.54) is 12.0 Å². The van der Waals surface area contributed by atoms with Crippen LogP contribution in [0.5, 0.6) is 0 Å². The van der Waals surface area contributed by atoms with Crippen molar-refractivity contribution in [3.05, 3.63) is 11.6 Å². The predicted octanol–water partition coefficient (Wildman–Crippen LogP) is 3.59. The molecule has 0 saturated heterocycles. The molecule has 0 aromatic heterocycles. The minimum absolute atomic E-state index is 0.297. The molecule has 0 heterocycles. The zero-order valence-corrected chi connectivity index (χ0v) is 10.3. The van der Waals surface area contributed by atoms with E-state index in [-0.39, 0.29) is 0 Å². The van der Waals surface area contributed by atoms with Gasteiger partial charge in [0.15, 0.2) is 5.78 Å². The second-order valence-electron chi connectivity index (χ2n) is 5.89. The van der Waals surface area contributed by atoms with Gasteiger partial charge in [0.05, 0.1) is 0 Å². The number of ketones is 1. The molecule has 0 spiro atoms. The smallest absolute Gasteiger partial charge is 0.155 e. The van der Waals surface area contributed by atoms with Crippen molar-refractivity contribution in [1.82, 2.24) is 0 Å². The monoisotopic (exact) mass is 206 g/mol. The molecule has 1 fully saturated rings. The molecule has 0 N–H and O–H groups in total. The van der Waals surface area contributed by atoms with Gasteiger partial charge in [-0.2, -0.15) is 0 Å². The molecule has 1 saturated carbocycles. The zero-order chi connectivity index (χ0) is 11.2. The van der Waals surface area contributed by atoms with Crippen LogP contribution in [0.3, 0.4) is 0 Å². The van der Waals surface area contributed by atoms with Crippen LogP contribution in [0, 0.1) is 23.2 Å². The number of hydrogen-bond acceptors (Lipinski definition) is 1. The maximum absolute atomic E-state index is 11.5. The van der Waals surface area contributed by atoms with Crippen LogP contribution in [-0.4, -0.2) is 5.78 Å². The van der Waals surface area contributed by atoms with Gasteiger partial charge in [-0.25, -0.2) is 0 Å². The summed E-state index contributed by atoms with van der Waals surface area (Å²) in [7, 11) is 0. The molecule has 0 radical (unpaired) electrons. The summed E-state index contributed by atoms with van der Waals surface area (Å²) in [5, 5.41) is 0. The Morgan fingerprint density at radius 3 is 2.67 bits per heavy atom. The zero-order valence-electron chi connectivity index (χ0n) is 10.3. The highest BCUT2D eigenvalue weighted by molar-refractivity contribution is 5.91. The van der Waals surface area contributed by atoms with Crippen LogP contribution in [0.1, 0.15) is 47.0 Å². The van der Waals surface area contributed by atoms with Gasteiger partial charge in [-0.1, -0.05) is 33.3 Å². The predicted molar refractivity (Wildman–Crippen MR) is 62.5 cm³/mol. The van der Waals surface area contributed by atoms with Crippen molar-refractivity contribution in [1.29, 1.82) is 0 Å². The van der Waals surface area contributed by atoms with Crippen molar-refractivity contribution >= 4 is 5.78 Å². The summed E-state index contributed by atoms with van der Waals surface area (Å²) >= 11 is 0.